The van der Waals surface area contributed by atoms with Crippen LogP contribution in [0.4, 0.5) is 0 Å². The molecule has 100 valence electrons. The molecule has 2 aliphatic rings. The van der Waals surface area contributed by atoms with Crippen molar-refractivity contribution in [3.05, 3.63) is 29.3 Å². The number of rotatable bonds is 4. The van der Waals surface area contributed by atoms with Crippen LogP contribution in [0.2, 0.25) is 0 Å². The summed E-state index contributed by atoms with van der Waals surface area (Å²) in [6, 6.07) is 5.52. The van der Waals surface area contributed by atoms with Crippen LogP contribution in [0, 0.1) is 13.8 Å². The molecule has 0 aliphatic carbocycles. The van der Waals surface area contributed by atoms with Gasteiger partial charge in [-0.2, -0.15) is 0 Å². The molecule has 0 spiro atoms. The molecule has 0 radical (unpaired) electrons. The molecule has 4 heteroatoms. The molecule has 3 rings (SSSR count). The zero-order valence-corrected chi connectivity index (χ0v) is 10.9. The normalized spacial score (nSPS) is 24.1. The van der Waals surface area contributed by atoms with Crippen molar-refractivity contribution in [1.29, 1.82) is 0 Å². The minimum atomic E-state index is 0.384. The first kappa shape index (κ1) is 13.3. The second-order valence-electron chi connectivity index (χ2n) is 4.67. The van der Waals surface area contributed by atoms with Crippen molar-refractivity contribution < 1.29 is 19.3 Å². The fourth-order valence-electron chi connectivity index (χ4n) is 1.40. The zero-order chi connectivity index (χ0) is 13.0. The van der Waals surface area contributed by atoms with Gasteiger partial charge in [-0.25, -0.2) is 0 Å². The number of phenolic OH excluding ortho intramolecular Hbond substituents is 1. The van der Waals surface area contributed by atoms with E-state index in [1.807, 2.05) is 26.0 Å². The zero-order valence-electron chi connectivity index (χ0n) is 10.9. The molecule has 2 saturated heterocycles. The van der Waals surface area contributed by atoms with Gasteiger partial charge in [0.1, 0.15) is 18.0 Å². The summed E-state index contributed by atoms with van der Waals surface area (Å²) in [5.74, 6) is 0.384. The molecule has 4 nitrogen and oxygen atoms in total. The van der Waals surface area contributed by atoms with Gasteiger partial charge in [0.25, 0.3) is 0 Å². The lowest BCUT2D eigenvalue weighted by atomic mass is 10.1. The van der Waals surface area contributed by atoms with Gasteiger partial charge in [-0.3, -0.25) is 0 Å². The van der Waals surface area contributed by atoms with E-state index in [9.17, 15) is 0 Å². The number of hydrogen-bond donors (Lipinski definition) is 1. The third kappa shape index (κ3) is 4.64. The Morgan fingerprint density at radius 1 is 1.17 bits per heavy atom. The van der Waals surface area contributed by atoms with Crippen LogP contribution in [0.3, 0.4) is 0 Å². The lowest BCUT2D eigenvalue weighted by molar-refractivity contribution is 0.102. The number of ether oxygens (including phenoxy) is 3. The highest BCUT2D eigenvalue weighted by molar-refractivity contribution is 5.36. The van der Waals surface area contributed by atoms with E-state index in [-0.39, 0.29) is 0 Å². The summed E-state index contributed by atoms with van der Waals surface area (Å²) >= 11 is 0. The van der Waals surface area contributed by atoms with E-state index in [1.165, 1.54) is 0 Å². The minimum absolute atomic E-state index is 0.384. The molecule has 2 fully saturated rings. The Morgan fingerprint density at radius 2 is 1.72 bits per heavy atom. The lowest BCUT2D eigenvalue weighted by Crippen LogP contribution is -2.06. The smallest absolute Gasteiger partial charge is 0.118 e. The van der Waals surface area contributed by atoms with E-state index in [4.69, 9.17) is 19.3 Å². The van der Waals surface area contributed by atoms with Gasteiger partial charge in [0.05, 0.1) is 26.4 Å². The van der Waals surface area contributed by atoms with E-state index in [2.05, 4.69) is 0 Å². The average Bonchev–Trinajstić information content (AvgIpc) is 3.20. The molecule has 0 saturated carbocycles. The van der Waals surface area contributed by atoms with Crippen LogP contribution < -0.4 is 0 Å². The molecule has 2 heterocycles. The Labute approximate surface area is 107 Å². The highest BCUT2D eigenvalue weighted by atomic mass is 16.6. The van der Waals surface area contributed by atoms with Crippen molar-refractivity contribution in [2.24, 2.45) is 0 Å². The van der Waals surface area contributed by atoms with Crippen LogP contribution in [-0.2, 0) is 14.2 Å². The van der Waals surface area contributed by atoms with Crippen LogP contribution in [0.1, 0.15) is 11.1 Å². The first-order valence-corrected chi connectivity index (χ1v) is 6.23. The van der Waals surface area contributed by atoms with Gasteiger partial charge >= 0.3 is 0 Å². The topological polar surface area (TPSA) is 54.5 Å². The molecular weight excluding hydrogens is 232 g/mol. The van der Waals surface area contributed by atoms with Gasteiger partial charge < -0.3 is 19.3 Å². The third-order valence-electron chi connectivity index (χ3n) is 2.99. The Morgan fingerprint density at radius 3 is 2.11 bits per heavy atom. The quantitative estimate of drug-likeness (QED) is 0.830. The van der Waals surface area contributed by atoms with E-state index >= 15 is 0 Å². The summed E-state index contributed by atoms with van der Waals surface area (Å²) < 4.78 is 15.1. The Kier molecular flexibility index (Phi) is 4.58. The molecule has 2 unspecified atom stereocenters. The summed E-state index contributed by atoms with van der Waals surface area (Å²) in [6.45, 7) is 7.15. The number of phenols is 1. The average molecular weight is 252 g/mol. The molecule has 0 aromatic heterocycles. The molecule has 2 atom stereocenters. The number of hydrogen-bond acceptors (Lipinski definition) is 4. The van der Waals surface area contributed by atoms with Crippen LogP contribution in [-0.4, -0.2) is 43.7 Å². The fraction of sp³-hybridized carbons (Fsp3) is 0.571. The summed E-state index contributed by atoms with van der Waals surface area (Å²) in [6.07, 6.45) is 0.785. The van der Waals surface area contributed by atoms with Gasteiger partial charge in [0, 0.05) is 0 Å². The molecular formula is C14H20O4. The van der Waals surface area contributed by atoms with Crippen LogP contribution >= 0.6 is 0 Å². The van der Waals surface area contributed by atoms with Crippen molar-refractivity contribution in [1.82, 2.24) is 0 Å². The largest absolute Gasteiger partial charge is 0.508 e. The molecule has 18 heavy (non-hydrogen) atoms. The second-order valence-corrected chi connectivity index (χ2v) is 4.67. The second kappa shape index (κ2) is 6.18. The van der Waals surface area contributed by atoms with Gasteiger partial charge in [-0.1, -0.05) is 12.1 Å². The SMILES string of the molecule is C(OCC1CO1)C1CO1.Cc1cccc(O)c1C. The lowest BCUT2D eigenvalue weighted by Gasteiger charge is -1.99. The summed E-state index contributed by atoms with van der Waals surface area (Å²) in [4.78, 5) is 0. The Bertz CT molecular complexity index is 351. The van der Waals surface area contributed by atoms with Gasteiger partial charge in [-0.15, -0.1) is 0 Å². The van der Waals surface area contributed by atoms with Crippen LogP contribution in [0.25, 0.3) is 0 Å². The molecule has 1 aromatic carbocycles. The van der Waals surface area contributed by atoms with Crippen LogP contribution in [0.5, 0.6) is 5.75 Å². The summed E-state index contributed by atoms with van der Waals surface area (Å²) in [7, 11) is 0. The maximum atomic E-state index is 9.10. The third-order valence-corrected chi connectivity index (χ3v) is 2.99. The summed E-state index contributed by atoms with van der Waals surface area (Å²) in [5.41, 5.74) is 2.10. The highest BCUT2D eigenvalue weighted by Gasteiger charge is 2.26. The predicted molar refractivity (Wildman–Crippen MR) is 67.9 cm³/mol. The van der Waals surface area contributed by atoms with E-state index in [0.29, 0.717) is 18.0 Å². The maximum Gasteiger partial charge on any atom is 0.118 e. The molecule has 0 bridgehead atoms. The monoisotopic (exact) mass is 252 g/mol. The number of aromatic hydroxyl groups is 1. The molecule has 0 amide bonds. The fourth-order valence-corrected chi connectivity index (χ4v) is 1.40. The van der Waals surface area contributed by atoms with Crippen molar-refractivity contribution in [2.45, 2.75) is 26.1 Å². The Hall–Kier alpha value is -1.10. The van der Waals surface area contributed by atoms with E-state index in [1.54, 1.807) is 6.07 Å². The van der Waals surface area contributed by atoms with Gasteiger partial charge in [-0.05, 0) is 31.0 Å². The van der Waals surface area contributed by atoms with E-state index in [0.717, 1.165) is 37.6 Å². The molecule has 2 aliphatic heterocycles. The van der Waals surface area contributed by atoms with Crippen molar-refractivity contribution in [3.63, 3.8) is 0 Å². The number of epoxide rings is 2. The van der Waals surface area contributed by atoms with Gasteiger partial charge in [0.2, 0.25) is 0 Å². The van der Waals surface area contributed by atoms with Gasteiger partial charge in [0.15, 0.2) is 0 Å². The predicted octanol–water partition coefficient (Wildman–Crippen LogP) is 1.81. The van der Waals surface area contributed by atoms with Crippen LogP contribution in [0.15, 0.2) is 18.2 Å². The standard InChI is InChI=1S/C8H10O.C6H10O3/c1-6-4-3-5-8(9)7(6)2;1(5-3-8-5)7-2-6-4-9-6/h3-5,9H,1-2H3;5-6H,1-4H2. The Balaban J connectivity index is 0.000000134. The van der Waals surface area contributed by atoms with E-state index < -0.39 is 0 Å². The van der Waals surface area contributed by atoms with Crippen molar-refractivity contribution in [2.75, 3.05) is 26.4 Å². The number of aryl methyl sites for hydroxylation is 1. The number of benzene rings is 1. The van der Waals surface area contributed by atoms with Crippen molar-refractivity contribution in [3.8, 4) is 5.75 Å². The highest BCUT2D eigenvalue weighted by Crippen LogP contribution is 2.17. The van der Waals surface area contributed by atoms with Crippen molar-refractivity contribution >= 4 is 0 Å². The molecule has 1 N–H and O–H groups in total. The summed E-state index contributed by atoms with van der Waals surface area (Å²) in [5, 5.41) is 9.10. The first-order chi connectivity index (χ1) is 8.66. The maximum absolute atomic E-state index is 9.10. The minimum Gasteiger partial charge on any atom is -0.508 e. The first-order valence-electron chi connectivity index (χ1n) is 6.23. The molecule has 1 aromatic rings.